The minimum absolute atomic E-state index is 0.0327. The molecule has 6 atom stereocenters. The Hall–Kier alpha value is -3.09. The van der Waals surface area contributed by atoms with E-state index in [1.54, 1.807) is 0 Å². The summed E-state index contributed by atoms with van der Waals surface area (Å²) in [6.07, 6.45) is -0.938. The number of hydrogen-bond acceptors (Lipinski definition) is 6. The van der Waals surface area contributed by atoms with E-state index in [4.69, 9.17) is 4.74 Å². The Labute approximate surface area is 240 Å². The molecule has 1 aliphatic heterocycles. The highest BCUT2D eigenvalue weighted by Crippen LogP contribution is 2.50. The number of halogens is 5. The molecule has 2 saturated carbocycles. The van der Waals surface area contributed by atoms with Crippen LogP contribution in [0.2, 0.25) is 0 Å². The summed E-state index contributed by atoms with van der Waals surface area (Å²) >= 11 is 0. The van der Waals surface area contributed by atoms with Crippen LogP contribution in [-0.4, -0.2) is 75.9 Å². The number of Topliss-reactive ketones (excluding diaryl/α,β-unsaturated/α-hetero) is 1. The minimum atomic E-state index is -4.47. The van der Waals surface area contributed by atoms with Crippen LogP contribution in [0.5, 0.6) is 5.88 Å². The zero-order valence-electron chi connectivity index (χ0n) is 23.8. The third-order valence-electron chi connectivity index (χ3n) is 8.92. The maximum Gasteiger partial charge on any atom is 0.404 e. The predicted molar refractivity (Wildman–Crippen MR) is 143 cm³/mol. The number of likely N-dealkylation sites (tertiary alicyclic amines) is 1. The third kappa shape index (κ3) is 6.45. The van der Waals surface area contributed by atoms with Crippen LogP contribution in [0.25, 0.3) is 11.3 Å². The average Bonchev–Trinajstić information content (AvgIpc) is 3.49. The van der Waals surface area contributed by atoms with Crippen molar-refractivity contribution in [3.8, 4) is 17.1 Å². The number of pyridine rings is 1. The highest BCUT2D eigenvalue weighted by molar-refractivity contribution is 5.98. The van der Waals surface area contributed by atoms with Crippen molar-refractivity contribution in [1.82, 2.24) is 25.4 Å². The first kappa shape index (κ1) is 30.4. The van der Waals surface area contributed by atoms with Crippen LogP contribution in [0.4, 0.5) is 22.0 Å². The number of fused-ring (bicyclic) bond motifs is 2. The first-order valence-electron chi connectivity index (χ1n) is 14.3. The standard InChI is InChI=1S/C29H36F5N5O3/c1-28(2,31)14-39-13-18(6-7-23(39)29(32,33)34)36-27(41)17-8-15-4-5-16(9-17)25(15)26(40)22-11-21(37-38-22)19-10-24(42-3)35-12-20(19)30/h10-12,15-18,23,25H,4-9,13-14H2,1-3H3,(H,36,41)(H,37,38)/t15-,16+,17-,18-,23+,25?/m0/s1. The van der Waals surface area contributed by atoms with Crippen LogP contribution >= 0.6 is 0 Å². The van der Waals surface area contributed by atoms with E-state index in [1.165, 1.54) is 33.1 Å². The van der Waals surface area contributed by atoms with Gasteiger partial charge in [-0.3, -0.25) is 19.6 Å². The number of alkyl halides is 4. The van der Waals surface area contributed by atoms with Crippen molar-refractivity contribution < 1.29 is 36.3 Å². The monoisotopic (exact) mass is 597 g/mol. The molecule has 13 heteroatoms. The summed E-state index contributed by atoms with van der Waals surface area (Å²) in [4.78, 5) is 31.7. The molecule has 3 heterocycles. The van der Waals surface area contributed by atoms with Gasteiger partial charge in [-0.2, -0.15) is 18.3 Å². The average molecular weight is 598 g/mol. The topological polar surface area (TPSA) is 100 Å². The summed E-state index contributed by atoms with van der Waals surface area (Å²) in [7, 11) is 1.42. The SMILES string of the molecule is COc1cc(-c2cc(C(=O)C3[C@@H]4CC[C@H]3C[C@H](C(=O)N[C@H]3CC[C@H](C(F)(F)F)N(CC(C)(C)F)C3)C4)n[nH]2)c(F)cn1. The quantitative estimate of drug-likeness (QED) is 0.324. The maximum absolute atomic E-state index is 14.4. The summed E-state index contributed by atoms with van der Waals surface area (Å²) in [6.45, 7) is 2.04. The van der Waals surface area contributed by atoms with Gasteiger partial charge in [0.1, 0.15) is 17.4 Å². The van der Waals surface area contributed by atoms with Crippen molar-refractivity contribution in [2.24, 2.45) is 23.7 Å². The molecule has 2 aliphatic carbocycles. The zero-order chi connectivity index (χ0) is 30.4. The molecule has 1 saturated heterocycles. The number of hydrogen-bond donors (Lipinski definition) is 2. The van der Waals surface area contributed by atoms with E-state index in [2.05, 4.69) is 20.5 Å². The maximum atomic E-state index is 14.4. The van der Waals surface area contributed by atoms with Crippen molar-refractivity contribution in [3.05, 3.63) is 29.8 Å². The van der Waals surface area contributed by atoms with Crippen molar-refractivity contribution >= 4 is 11.7 Å². The van der Waals surface area contributed by atoms with Gasteiger partial charge in [0.25, 0.3) is 0 Å². The number of carbonyl (C=O) groups excluding carboxylic acids is 2. The van der Waals surface area contributed by atoms with E-state index < -0.39 is 29.7 Å². The number of piperidine rings is 1. The summed E-state index contributed by atoms with van der Waals surface area (Å²) < 4.78 is 74.5. The number of H-pyrrole nitrogens is 1. The van der Waals surface area contributed by atoms with Crippen molar-refractivity contribution in [3.63, 3.8) is 0 Å². The van der Waals surface area contributed by atoms with E-state index in [1.807, 2.05) is 0 Å². The molecule has 1 amide bonds. The third-order valence-corrected chi connectivity index (χ3v) is 8.92. The van der Waals surface area contributed by atoms with Crippen LogP contribution in [0.3, 0.4) is 0 Å². The zero-order valence-corrected chi connectivity index (χ0v) is 23.8. The van der Waals surface area contributed by atoms with E-state index in [9.17, 15) is 31.5 Å². The van der Waals surface area contributed by atoms with E-state index in [0.29, 0.717) is 18.5 Å². The minimum Gasteiger partial charge on any atom is -0.481 e. The molecule has 2 aromatic heterocycles. The molecule has 0 radical (unpaired) electrons. The first-order valence-corrected chi connectivity index (χ1v) is 14.3. The molecule has 3 fully saturated rings. The van der Waals surface area contributed by atoms with Crippen LogP contribution in [0, 0.1) is 29.5 Å². The Morgan fingerprint density at radius 2 is 1.79 bits per heavy atom. The van der Waals surface area contributed by atoms with Gasteiger partial charge in [-0.05, 0) is 70.3 Å². The second-order valence-corrected chi connectivity index (χ2v) is 12.5. The summed E-state index contributed by atoms with van der Waals surface area (Å²) in [5.41, 5.74) is -1.12. The molecule has 1 unspecified atom stereocenters. The summed E-state index contributed by atoms with van der Waals surface area (Å²) in [5.74, 6) is -1.48. The molecule has 2 N–H and O–H groups in total. The predicted octanol–water partition coefficient (Wildman–Crippen LogP) is 5.11. The summed E-state index contributed by atoms with van der Waals surface area (Å²) in [6, 6.07) is 0.681. The number of amides is 1. The van der Waals surface area contributed by atoms with Gasteiger partial charge in [-0.1, -0.05) is 0 Å². The second kappa shape index (κ2) is 11.5. The molecule has 2 bridgehead atoms. The fraction of sp³-hybridized carbons (Fsp3) is 0.655. The van der Waals surface area contributed by atoms with Crippen LogP contribution in [-0.2, 0) is 4.79 Å². The lowest BCUT2D eigenvalue weighted by Gasteiger charge is -2.42. The van der Waals surface area contributed by atoms with Gasteiger partial charge in [-0.25, -0.2) is 13.8 Å². The lowest BCUT2D eigenvalue weighted by molar-refractivity contribution is -0.196. The molecule has 3 aliphatic rings. The lowest BCUT2D eigenvalue weighted by Crippen LogP contribution is -2.59. The molecular weight excluding hydrogens is 561 g/mol. The number of ether oxygens (including phenoxy) is 1. The fourth-order valence-electron chi connectivity index (χ4n) is 7.17. The fourth-order valence-corrected chi connectivity index (χ4v) is 7.17. The Morgan fingerprint density at radius 1 is 1.10 bits per heavy atom. The molecule has 42 heavy (non-hydrogen) atoms. The Morgan fingerprint density at radius 3 is 2.40 bits per heavy atom. The number of nitrogens with zero attached hydrogens (tertiary/aromatic N) is 3. The summed E-state index contributed by atoms with van der Waals surface area (Å²) in [5, 5.41) is 9.82. The van der Waals surface area contributed by atoms with E-state index in [-0.39, 0.29) is 78.4 Å². The number of carbonyl (C=O) groups is 2. The number of rotatable bonds is 8. The number of nitrogens with one attached hydrogen (secondary N) is 2. The molecule has 230 valence electrons. The molecule has 8 nitrogen and oxygen atoms in total. The van der Waals surface area contributed by atoms with E-state index >= 15 is 0 Å². The van der Waals surface area contributed by atoms with Gasteiger partial charge in [0.2, 0.25) is 11.8 Å². The van der Waals surface area contributed by atoms with Gasteiger partial charge < -0.3 is 10.1 Å². The molecular formula is C29H36F5N5O3. The first-order chi connectivity index (χ1) is 19.7. The van der Waals surface area contributed by atoms with Gasteiger partial charge in [0.15, 0.2) is 11.6 Å². The Balaban J connectivity index is 1.22. The number of methoxy groups -OCH3 is 1. The Bertz CT molecular complexity index is 1300. The number of aromatic amines is 1. The highest BCUT2D eigenvalue weighted by Gasteiger charge is 2.50. The van der Waals surface area contributed by atoms with Crippen LogP contribution in [0.15, 0.2) is 18.3 Å². The molecule has 5 rings (SSSR count). The largest absolute Gasteiger partial charge is 0.481 e. The van der Waals surface area contributed by atoms with Crippen molar-refractivity contribution in [2.45, 2.75) is 76.3 Å². The normalized spacial score (nSPS) is 28.5. The van der Waals surface area contributed by atoms with Gasteiger partial charge >= 0.3 is 6.18 Å². The van der Waals surface area contributed by atoms with Crippen molar-refractivity contribution in [1.29, 1.82) is 0 Å². The molecule has 0 aromatic carbocycles. The molecule has 2 aromatic rings. The van der Waals surface area contributed by atoms with E-state index in [0.717, 1.165) is 23.9 Å². The van der Waals surface area contributed by atoms with Crippen LogP contribution in [0.1, 0.15) is 62.9 Å². The van der Waals surface area contributed by atoms with Gasteiger partial charge in [-0.15, -0.1) is 0 Å². The van der Waals surface area contributed by atoms with Gasteiger partial charge in [0, 0.05) is 42.6 Å². The van der Waals surface area contributed by atoms with Crippen LogP contribution < -0.4 is 10.1 Å². The van der Waals surface area contributed by atoms with Gasteiger partial charge in [0.05, 0.1) is 19.0 Å². The number of aromatic nitrogens is 3. The lowest BCUT2D eigenvalue weighted by atomic mass is 9.70. The highest BCUT2D eigenvalue weighted by atomic mass is 19.4. The smallest absolute Gasteiger partial charge is 0.404 e. The van der Waals surface area contributed by atoms with Crippen molar-refractivity contribution in [2.75, 3.05) is 20.2 Å². The molecule has 0 spiro atoms. The number of ketones is 1. The Kier molecular flexibility index (Phi) is 8.34. The second-order valence-electron chi connectivity index (χ2n) is 12.5.